The molecule has 1 N–H and O–H groups in total. The third-order valence-corrected chi connectivity index (χ3v) is 3.38. The van der Waals surface area contributed by atoms with E-state index in [1.54, 1.807) is 24.3 Å². The van der Waals surface area contributed by atoms with Gasteiger partial charge in [-0.1, -0.05) is 18.2 Å². The Kier molecular flexibility index (Phi) is 3.17. The molecule has 0 fully saturated rings. The second-order valence-corrected chi connectivity index (χ2v) is 4.74. The van der Waals surface area contributed by atoms with Crippen LogP contribution in [0.15, 0.2) is 54.6 Å². The molecule has 0 saturated carbocycles. The van der Waals surface area contributed by atoms with Gasteiger partial charge in [-0.3, -0.25) is 0 Å². The average Bonchev–Trinajstić information content (AvgIpc) is 2.53. The largest absolute Gasteiger partial charge is 0.508 e. The zero-order valence-corrected chi connectivity index (χ0v) is 11.5. The van der Waals surface area contributed by atoms with Crippen molar-refractivity contribution in [3.8, 4) is 11.8 Å². The quantitative estimate of drug-likeness (QED) is 0.776. The summed E-state index contributed by atoms with van der Waals surface area (Å²) in [5.41, 5.74) is 2.22. The number of anilines is 2. The Morgan fingerprint density at radius 3 is 2.52 bits per heavy atom. The molecule has 21 heavy (non-hydrogen) atoms. The highest BCUT2D eigenvalue weighted by molar-refractivity contribution is 5.84. The number of aromatic hydroxyl groups is 1. The van der Waals surface area contributed by atoms with Gasteiger partial charge in [0.2, 0.25) is 0 Å². The van der Waals surface area contributed by atoms with Crippen LogP contribution >= 0.6 is 0 Å². The molecule has 0 saturated heterocycles. The van der Waals surface area contributed by atoms with Crippen LogP contribution in [-0.4, -0.2) is 17.1 Å². The van der Waals surface area contributed by atoms with Gasteiger partial charge in [0, 0.05) is 18.1 Å². The molecule has 102 valence electrons. The first-order valence-corrected chi connectivity index (χ1v) is 6.51. The lowest BCUT2D eigenvalue weighted by molar-refractivity contribution is 0.475. The van der Waals surface area contributed by atoms with Gasteiger partial charge >= 0.3 is 0 Å². The molecule has 0 aliphatic carbocycles. The maximum absolute atomic E-state index is 9.36. The minimum absolute atomic E-state index is 0.208. The molecule has 3 rings (SSSR count). The third-order valence-electron chi connectivity index (χ3n) is 3.38. The molecule has 1 aromatic heterocycles. The second kappa shape index (κ2) is 5.14. The Balaban J connectivity index is 2.14. The van der Waals surface area contributed by atoms with Crippen LogP contribution in [0.3, 0.4) is 0 Å². The van der Waals surface area contributed by atoms with E-state index in [1.807, 2.05) is 42.3 Å². The molecule has 0 bridgehead atoms. The fraction of sp³-hybridized carbons (Fsp3) is 0.0588. The normalized spacial score (nSPS) is 10.3. The molecule has 0 amide bonds. The van der Waals surface area contributed by atoms with E-state index in [1.165, 1.54) is 0 Å². The SMILES string of the molecule is CN(c1ccc(O)cc1)c1nc2ccccc2cc1C#N. The van der Waals surface area contributed by atoms with Gasteiger partial charge in [-0.15, -0.1) is 0 Å². The number of para-hydroxylation sites is 1. The number of nitriles is 1. The zero-order valence-electron chi connectivity index (χ0n) is 11.5. The highest BCUT2D eigenvalue weighted by atomic mass is 16.3. The number of hydrogen-bond donors (Lipinski definition) is 1. The van der Waals surface area contributed by atoms with Crippen LogP contribution in [0.5, 0.6) is 5.75 Å². The first-order chi connectivity index (χ1) is 10.2. The molecular weight excluding hydrogens is 262 g/mol. The van der Waals surface area contributed by atoms with Crippen LogP contribution in [0.1, 0.15) is 5.56 Å². The molecular formula is C17H13N3O. The van der Waals surface area contributed by atoms with E-state index < -0.39 is 0 Å². The molecule has 4 heteroatoms. The van der Waals surface area contributed by atoms with Gasteiger partial charge in [0.25, 0.3) is 0 Å². The first-order valence-electron chi connectivity index (χ1n) is 6.51. The van der Waals surface area contributed by atoms with Crippen molar-refractivity contribution in [2.75, 3.05) is 11.9 Å². The van der Waals surface area contributed by atoms with Gasteiger partial charge < -0.3 is 10.0 Å². The highest BCUT2D eigenvalue weighted by Crippen LogP contribution is 2.28. The van der Waals surface area contributed by atoms with Crippen LogP contribution in [0.4, 0.5) is 11.5 Å². The smallest absolute Gasteiger partial charge is 0.151 e. The molecule has 3 aromatic rings. The second-order valence-electron chi connectivity index (χ2n) is 4.74. The number of pyridine rings is 1. The van der Waals surface area contributed by atoms with E-state index in [4.69, 9.17) is 0 Å². The summed E-state index contributed by atoms with van der Waals surface area (Å²) in [6.45, 7) is 0. The van der Waals surface area contributed by atoms with Gasteiger partial charge in [0.15, 0.2) is 5.82 Å². The van der Waals surface area contributed by atoms with Crippen molar-refractivity contribution in [2.24, 2.45) is 0 Å². The van der Waals surface area contributed by atoms with E-state index in [0.29, 0.717) is 11.4 Å². The molecule has 0 spiro atoms. The Hall–Kier alpha value is -3.06. The molecule has 1 heterocycles. The fourth-order valence-corrected chi connectivity index (χ4v) is 2.24. The van der Waals surface area contributed by atoms with E-state index in [0.717, 1.165) is 16.6 Å². The first kappa shape index (κ1) is 12.9. The van der Waals surface area contributed by atoms with Crippen LogP contribution in [0, 0.1) is 11.3 Å². The Bertz CT molecular complexity index is 835. The summed E-state index contributed by atoms with van der Waals surface area (Å²) in [7, 11) is 1.85. The molecule has 0 unspecified atom stereocenters. The van der Waals surface area contributed by atoms with Crippen molar-refractivity contribution in [1.29, 1.82) is 5.26 Å². The number of benzene rings is 2. The third kappa shape index (κ3) is 2.37. The van der Waals surface area contributed by atoms with Crippen molar-refractivity contribution < 1.29 is 5.11 Å². The van der Waals surface area contributed by atoms with Crippen molar-refractivity contribution in [1.82, 2.24) is 4.98 Å². The van der Waals surface area contributed by atoms with Gasteiger partial charge in [-0.25, -0.2) is 4.98 Å². The summed E-state index contributed by atoms with van der Waals surface area (Å²) in [5, 5.41) is 19.7. The monoisotopic (exact) mass is 275 g/mol. The van der Waals surface area contributed by atoms with E-state index >= 15 is 0 Å². The summed E-state index contributed by atoms with van der Waals surface area (Å²) in [5.74, 6) is 0.806. The lowest BCUT2D eigenvalue weighted by Gasteiger charge is -2.20. The van der Waals surface area contributed by atoms with Crippen molar-refractivity contribution in [2.45, 2.75) is 0 Å². The van der Waals surface area contributed by atoms with Crippen molar-refractivity contribution in [3.63, 3.8) is 0 Å². The number of nitrogens with zero attached hydrogens (tertiary/aromatic N) is 3. The molecule has 4 nitrogen and oxygen atoms in total. The van der Waals surface area contributed by atoms with Crippen LogP contribution in [0.2, 0.25) is 0 Å². The van der Waals surface area contributed by atoms with E-state index in [2.05, 4.69) is 11.1 Å². The van der Waals surface area contributed by atoms with Gasteiger partial charge in [-0.05, 0) is 36.4 Å². The van der Waals surface area contributed by atoms with Crippen LogP contribution in [0.25, 0.3) is 10.9 Å². The maximum atomic E-state index is 9.36. The lowest BCUT2D eigenvalue weighted by atomic mass is 10.1. The summed E-state index contributed by atoms with van der Waals surface area (Å²) >= 11 is 0. The summed E-state index contributed by atoms with van der Waals surface area (Å²) in [4.78, 5) is 6.42. The Labute approximate surface area is 122 Å². The van der Waals surface area contributed by atoms with Gasteiger partial charge in [-0.2, -0.15) is 5.26 Å². The molecule has 0 aliphatic rings. The summed E-state index contributed by atoms with van der Waals surface area (Å²) in [6, 6.07) is 18.5. The molecule has 0 radical (unpaired) electrons. The number of phenolic OH excluding ortho intramolecular Hbond substituents is 1. The summed E-state index contributed by atoms with van der Waals surface area (Å²) in [6.07, 6.45) is 0. The van der Waals surface area contributed by atoms with Gasteiger partial charge in [0.1, 0.15) is 11.8 Å². The summed E-state index contributed by atoms with van der Waals surface area (Å²) < 4.78 is 0. The standard InChI is InChI=1S/C17H13N3O/c1-20(14-6-8-15(21)9-7-14)17-13(11-18)10-12-4-2-3-5-16(12)19-17/h2-10,21H,1H3. The predicted molar refractivity (Wildman–Crippen MR) is 82.6 cm³/mol. The number of hydrogen-bond acceptors (Lipinski definition) is 4. The number of fused-ring (bicyclic) bond motifs is 1. The Morgan fingerprint density at radius 1 is 1.10 bits per heavy atom. The minimum atomic E-state index is 0.208. The molecule has 2 aromatic carbocycles. The number of rotatable bonds is 2. The van der Waals surface area contributed by atoms with Crippen molar-refractivity contribution >= 4 is 22.4 Å². The Morgan fingerprint density at radius 2 is 1.81 bits per heavy atom. The predicted octanol–water partition coefficient (Wildman–Crippen LogP) is 3.58. The molecule has 0 aliphatic heterocycles. The topological polar surface area (TPSA) is 60.1 Å². The number of aromatic nitrogens is 1. The lowest BCUT2D eigenvalue weighted by Crippen LogP contribution is -2.12. The van der Waals surface area contributed by atoms with Gasteiger partial charge in [0.05, 0.1) is 11.1 Å². The zero-order chi connectivity index (χ0) is 14.8. The molecule has 0 atom stereocenters. The van der Waals surface area contributed by atoms with E-state index in [9.17, 15) is 10.4 Å². The minimum Gasteiger partial charge on any atom is -0.508 e. The van der Waals surface area contributed by atoms with E-state index in [-0.39, 0.29) is 5.75 Å². The van der Waals surface area contributed by atoms with Crippen molar-refractivity contribution in [3.05, 3.63) is 60.2 Å². The maximum Gasteiger partial charge on any atom is 0.151 e. The average molecular weight is 275 g/mol. The van der Waals surface area contributed by atoms with Crippen LogP contribution < -0.4 is 4.90 Å². The fourth-order valence-electron chi connectivity index (χ4n) is 2.24. The van der Waals surface area contributed by atoms with Crippen LogP contribution in [-0.2, 0) is 0 Å². The number of phenols is 1. The highest BCUT2D eigenvalue weighted by Gasteiger charge is 2.12.